The molecule has 19 heavy (non-hydrogen) atoms. The SMILES string of the molecule is CCOc1ccc(Nc2ccnc(NC)n2)cc1F. The van der Waals surface area contributed by atoms with Gasteiger partial charge in [-0.25, -0.2) is 9.37 Å². The Hall–Kier alpha value is -2.37. The van der Waals surface area contributed by atoms with Gasteiger partial charge in [0.05, 0.1) is 6.61 Å². The Morgan fingerprint density at radius 2 is 2.16 bits per heavy atom. The zero-order chi connectivity index (χ0) is 13.7. The van der Waals surface area contributed by atoms with E-state index in [1.165, 1.54) is 6.07 Å². The van der Waals surface area contributed by atoms with Gasteiger partial charge in [-0.15, -0.1) is 0 Å². The van der Waals surface area contributed by atoms with Gasteiger partial charge in [-0.1, -0.05) is 0 Å². The molecule has 2 N–H and O–H groups in total. The topological polar surface area (TPSA) is 59.1 Å². The molecular weight excluding hydrogens is 247 g/mol. The average Bonchev–Trinajstić information content (AvgIpc) is 2.42. The zero-order valence-corrected chi connectivity index (χ0v) is 10.8. The summed E-state index contributed by atoms with van der Waals surface area (Å²) in [6.07, 6.45) is 1.62. The van der Waals surface area contributed by atoms with E-state index in [-0.39, 0.29) is 5.75 Å². The van der Waals surface area contributed by atoms with Gasteiger partial charge in [0.25, 0.3) is 0 Å². The van der Waals surface area contributed by atoms with Crippen molar-refractivity contribution < 1.29 is 9.13 Å². The van der Waals surface area contributed by atoms with E-state index in [1.54, 1.807) is 31.4 Å². The van der Waals surface area contributed by atoms with Crippen molar-refractivity contribution in [3.63, 3.8) is 0 Å². The number of nitrogens with zero attached hydrogens (tertiary/aromatic N) is 2. The maximum Gasteiger partial charge on any atom is 0.224 e. The van der Waals surface area contributed by atoms with Crippen molar-refractivity contribution in [3.05, 3.63) is 36.3 Å². The van der Waals surface area contributed by atoms with E-state index in [2.05, 4.69) is 20.6 Å². The molecule has 0 spiro atoms. The van der Waals surface area contributed by atoms with Gasteiger partial charge >= 0.3 is 0 Å². The minimum atomic E-state index is -0.408. The number of benzene rings is 1. The van der Waals surface area contributed by atoms with Gasteiger partial charge in [0, 0.05) is 25.0 Å². The lowest BCUT2D eigenvalue weighted by atomic mass is 10.3. The van der Waals surface area contributed by atoms with Crippen LogP contribution in [-0.2, 0) is 0 Å². The van der Waals surface area contributed by atoms with Gasteiger partial charge in [-0.2, -0.15) is 4.98 Å². The Balaban J connectivity index is 2.16. The summed E-state index contributed by atoms with van der Waals surface area (Å²) in [5.74, 6) is 0.917. The van der Waals surface area contributed by atoms with Crippen LogP contribution in [0.2, 0.25) is 0 Å². The van der Waals surface area contributed by atoms with E-state index in [4.69, 9.17) is 4.74 Å². The largest absolute Gasteiger partial charge is 0.491 e. The van der Waals surface area contributed by atoms with E-state index in [0.29, 0.717) is 24.1 Å². The summed E-state index contributed by atoms with van der Waals surface area (Å²) in [4.78, 5) is 8.19. The molecule has 0 aliphatic rings. The maximum absolute atomic E-state index is 13.7. The highest BCUT2D eigenvalue weighted by Crippen LogP contribution is 2.23. The Labute approximate surface area is 110 Å². The van der Waals surface area contributed by atoms with E-state index in [0.717, 1.165) is 0 Å². The molecule has 0 saturated heterocycles. The number of ether oxygens (including phenoxy) is 1. The lowest BCUT2D eigenvalue weighted by Gasteiger charge is -2.09. The molecule has 0 aliphatic carbocycles. The van der Waals surface area contributed by atoms with E-state index < -0.39 is 5.82 Å². The lowest BCUT2D eigenvalue weighted by Crippen LogP contribution is -2.00. The van der Waals surface area contributed by atoms with Crippen molar-refractivity contribution in [1.29, 1.82) is 0 Å². The third-order valence-electron chi connectivity index (χ3n) is 2.38. The minimum Gasteiger partial charge on any atom is -0.491 e. The van der Waals surface area contributed by atoms with Crippen LogP contribution in [0, 0.1) is 5.82 Å². The fourth-order valence-corrected chi connectivity index (χ4v) is 1.55. The first-order valence-corrected chi connectivity index (χ1v) is 5.93. The second kappa shape index (κ2) is 5.99. The van der Waals surface area contributed by atoms with Crippen molar-refractivity contribution in [2.45, 2.75) is 6.92 Å². The maximum atomic E-state index is 13.7. The van der Waals surface area contributed by atoms with Crippen molar-refractivity contribution in [2.24, 2.45) is 0 Å². The first-order valence-electron chi connectivity index (χ1n) is 5.93. The van der Waals surface area contributed by atoms with E-state index in [9.17, 15) is 4.39 Å². The number of hydrogen-bond donors (Lipinski definition) is 2. The van der Waals surface area contributed by atoms with Crippen molar-refractivity contribution >= 4 is 17.5 Å². The molecule has 1 heterocycles. The molecule has 5 nitrogen and oxygen atoms in total. The molecule has 2 aromatic rings. The van der Waals surface area contributed by atoms with Crippen LogP contribution < -0.4 is 15.4 Å². The number of anilines is 3. The van der Waals surface area contributed by atoms with Crippen LogP contribution >= 0.6 is 0 Å². The summed E-state index contributed by atoms with van der Waals surface area (Å²) < 4.78 is 18.8. The molecule has 0 saturated carbocycles. The first kappa shape index (κ1) is 13.1. The fourth-order valence-electron chi connectivity index (χ4n) is 1.55. The molecule has 0 unspecified atom stereocenters. The average molecular weight is 262 g/mol. The van der Waals surface area contributed by atoms with Crippen LogP contribution in [0.4, 0.5) is 21.8 Å². The standard InChI is InChI=1S/C13H15FN4O/c1-3-19-11-5-4-9(8-10(11)14)17-12-6-7-16-13(15-2)18-12/h4-8H,3H2,1-2H3,(H2,15,16,17,18). The van der Waals surface area contributed by atoms with Crippen molar-refractivity contribution in [2.75, 3.05) is 24.3 Å². The van der Waals surface area contributed by atoms with Gasteiger partial charge in [-0.05, 0) is 25.1 Å². The van der Waals surface area contributed by atoms with Crippen molar-refractivity contribution in [1.82, 2.24) is 9.97 Å². The van der Waals surface area contributed by atoms with Crippen LogP contribution in [-0.4, -0.2) is 23.6 Å². The Morgan fingerprint density at radius 3 is 2.84 bits per heavy atom. The quantitative estimate of drug-likeness (QED) is 0.867. The Kier molecular flexibility index (Phi) is 4.12. The molecule has 2 rings (SSSR count). The number of rotatable bonds is 5. The molecule has 0 fully saturated rings. The number of nitrogens with one attached hydrogen (secondary N) is 2. The van der Waals surface area contributed by atoms with Crippen LogP contribution in [0.1, 0.15) is 6.92 Å². The summed E-state index contributed by atoms with van der Waals surface area (Å²) in [6.45, 7) is 2.24. The number of halogens is 1. The lowest BCUT2D eigenvalue weighted by molar-refractivity contribution is 0.321. The molecule has 1 aromatic carbocycles. The number of aromatic nitrogens is 2. The van der Waals surface area contributed by atoms with Crippen molar-refractivity contribution in [3.8, 4) is 5.75 Å². The Morgan fingerprint density at radius 1 is 1.32 bits per heavy atom. The van der Waals surface area contributed by atoms with Crippen LogP contribution in [0.5, 0.6) is 5.75 Å². The molecule has 100 valence electrons. The van der Waals surface area contributed by atoms with Gasteiger partial charge in [0.2, 0.25) is 5.95 Å². The molecule has 0 bridgehead atoms. The molecule has 0 amide bonds. The van der Waals surface area contributed by atoms with Gasteiger partial charge < -0.3 is 15.4 Å². The molecule has 0 atom stereocenters. The highest BCUT2D eigenvalue weighted by molar-refractivity contribution is 5.58. The minimum absolute atomic E-state index is 0.242. The zero-order valence-electron chi connectivity index (χ0n) is 10.8. The van der Waals surface area contributed by atoms with Crippen LogP contribution in [0.3, 0.4) is 0 Å². The third kappa shape index (κ3) is 3.31. The first-order chi connectivity index (χ1) is 9.22. The van der Waals surface area contributed by atoms with Gasteiger partial charge in [-0.3, -0.25) is 0 Å². The smallest absolute Gasteiger partial charge is 0.224 e. The second-order valence-electron chi connectivity index (χ2n) is 3.72. The molecule has 0 aliphatic heterocycles. The molecular formula is C13H15FN4O. The van der Waals surface area contributed by atoms with Gasteiger partial charge in [0.15, 0.2) is 11.6 Å². The van der Waals surface area contributed by atoms with Gasteiger partial charge in [0.1, 0.15) is 5.82 Å². The fraction of sp³-hybridized carbons (Fsp3) is 0.231. The Bertz CT molecular complexity index is 562. The number of hydrogen-bond acceptors (Lipinski definition) is 5. The predicted molar refractivity (Wildman–Crippen MR) is 72.4 cm³/mol. The van der Waals surface area contributed by atoms with Crippen LogP contribution in [0.25, 0.3) is 0 Å². The van der Waals surface area contributed by atoms with E-state index in [1.807, 2.05) is 6.92 Å². The summed E-state index contributed by atoms with van der Waals surface area (Å²) in [7, 11) is 1.73. The third-order valence-corrected chi connectivity index (χ3v) is 2.38. The summed E-state index contributed by atoms with van der Waals surface area (Å²) >= 11 is 0. The normalized spacial score (nSPS) is 10.1. The molecule has 6 heteroatoms. The molecule has 0 radical (unpaired) electrons. The molecule has 1 aromatic heterocycles. The monoisotopic (exact) mass is 262 g/mol. The predicted octanol–water partition coefficient (Wildman–Crippen LogP) is 2.80. The summed E-state index contributed by atoms with van der Waals surface area (Å²) in [6, 6.07) is 6.39. The highest BCUT2D eigenvalue weighted by Gasteiger charge is 2.05. The van der Waals surface area contributed by atoms with E-state index >= 15 is 0 Å². The second-order valence-corrected chi connectivity index (χ2v) is 3.72. The van der Waals surface area contributed by atoms with Crippen LogP contribution in [0.15, 0.2) is 30.5 Å². The summed E-state index contributed by atoms with van der Waals surface area (Å²) in [5.41, 5.74) is 0.599. The highest BCUT2D eigenvalue weighted by atomic mass is 19.1. The summed E-state index contributed by atoms with van der Waals surface area (Å²) in [5, 5.41) is 5.84.